The second kappa shape index (κ2) is 5.50. The summed E-state index contributed by atoms with van der Waals surface area (Å²) in [6.45, 7) is 1.52. The van der Waals surface area contributed by atoms with E-state index in [0.717, 1.165) is 12.4 Å². The lowest BCUT2D eigenvalue weighted by Crippen LogP contribution is -2.28. The lowest BCUT2D eigenvalue weighted by Gasteiger charge is -2.23. The van der Waals surface area contributed by atoms with Gasteiger partial charge in [-0.1, -0.05) is 30.3 Å². The molecule has 1 aromatic heterocycles. The highest BCUT2D eigenvalue weighted by Crippen LogP contribution is 2.15. The second-order valence-corrected chi connectivity index (χ2v) is 3.94. The number of aliphatic hydroxyl groups excluding tert-OH is 1. The van der Waals surface area contributed by atoms with Crippen LogP contribution in [-0.4, -0.2) is 28.0 Å². The normalized spacial score (nSPS) is 10.5. The van der Waals surface area contributed by atoms with E-state index < -0.39 is 0 Å². The molecule has 1 N–H and O–H groups in total. The summed E-state index contributed by atoms with van der Waals surface area (Å²) in [5.41, 5.74) is 1.22. The Hall–Kier alpha value is -1.81. The summed E-state index contributed by atoms with van der Waals surface area (Å²) in [5.74, 6) is 1.02. The highest BCUT2D eigenvalue weighted by atomic mass is 16.3. The van der Waals surface area contributed by atoms with Gasteiger partial charge in [-0.15, -0.1) is 0 Å². The molecule has 1 heterocycles. The van der Waals surface area contributed by atoms with Crippen LogP contribution in [0.25, 0.3) is 0 Å². The predicted octanol–water partition coefficient (Wildman–Crippen LogP) is 1.42. The van der Waals surface area contributed by atoms with Crippen LogP contribution in [0, 0.1) is 0 Å². The van der Waals surface area contributed by atoms with E-state index in [1.165, 1.54) is 5.56 Å². The third-order valence-electron chi connectivity index (χ3n) is 2.71. The molecule has 0 atom stereocenters. The molecule has 0 radical (unpaired) electrons. The number of nitrogens with zero attached hydrogens (tertiary/aromatic N) is 3. The maximum absolute atomic E-state index is 9.13. The van der Waals surface area contributed by atoms with E-state index in [-0.39, 0.29) is 6.61 Å². The summed E-state index contributed by atoms with van der Waals surface area (Å²) in [7, 11) is 1.91. The summed E-state index contributed by atoms with van der Waals surface area (Å²) < 4.78 is 1.82. The van der Waals surface area contributed by atoms with Crippen molar-refractivity contribution in [3.63, 3.8) is 0 Å². The van der Waals surface area contributed by atoms with Crippen molar-refractivity contribution in [1.82, 2.24) is 9.78 Å². The summed E-state index contributed by atoms with van der Waals surface area (Å²) in [4.78, 5) is 2.11. The number of benzene rings is 1. The fraction of sp³-hybridized carbons (Fsp3) is 0.308. The topological polar surface area (TPSA) is 41.3 Å². The molecule has 0 bridgehead atoms. The molecule has 4 nitrogen and oxygen atoms in total. The van der Waals surface area contributed by atoms with Gasteiger partial charge >= 0.3 is 0 Å². The molecule has 0 amide bonds. The van der Waals surface area contributed by atoms with E-state index in [1.807, 2.05) is 36.0 Å². The Labute approximate surface area is 101 Å². The van der Waals surface area contributed by atoms with Crippen LogP contribution in [0.15, 0.2) is 42.6 Å². The molecule has 0 unspecified atom stereocenters. The van der Waals surface area contributed by atoms with E-state index >= 15 is 0 Å². The first-order chi connectivity index (χ1) is 8.31. The Morgan fingerprint density at radius 1 is 1.24 bits per heavy atom. The predicted molar refractivity (Wildman–Crippen MR) is 67.8 cm³/mol. The number of hydrogen-bond donors (Lipinski definition) is 1. The van der Waals surface area contributed by atoms with E-state index in [1.54, 1.807) is 6.20 Å². The molecule has 0 aliphatic rings. The van der Waals surface area contributed by atoms with Crippen molar-refractivity contribution < 1.29 is 5.11 Å². The van der Waals surface area contributed by atoms with Crippen molar-refractivity contribution in [3.05, 3.63) is 48.2 Å². The number of aliphatic hydroxyl groups is 1. The third kappa shape index (κ3) is 2.85. The molecule has 2 rings (SSSR count). The number of hydrogen-bond acceptors (Lipinski definition) is 3. The summed E-state index contributed by atoms with van der Waals surface area (Å²) >= 11 is 0. The van der Waals surface area contributed by atoms with Crippen LogP contribution < -0.4 is 4.90 Å². The van der Waals surface area contributed by atoms with Crippen LogP contribution in [0.2, 0.25) is 0 Å². The number of aryl methyl sites for hydroxylation is 1. The molecule has 1 aromatic carbocycles. The van der Waals surface area contributed by atoms with Crippen molar-refractivity contribution >= 4 is 5.82 Å². The lowest BCUT2D eigenvalue weighted by atomic mass is 10.2. The quantitative estimate of drug-likeness (QED) is 0.846. The summed E-state index contributed by atoms with van der Waals surface area (Å²) in [5, 5.41) is 13.3. The lowest BCUT2D eigenvalue weighted by molar-refractivity contribution is 0.300. The Kier molecular flexibility index (Phi) is 3.77. The Balaban J connectivity index is 2.16. The fourth-order valence-corrected chi connectivity index (χ4v) is 1.88. The zero-order valence-corrected chi connectivity index (χ0v) is 9.95. The Morgan fingerprint density at radius 2 is 2.00 bits per heavy atom. The average molecular weight is 231 g/mol. The van der Waals surface area contributed by atoms with E-state index in [2.05, 4.69) is 22.1 Å². The summed E-state index contributed by atoms with van der Waals surface area (Å²) in [6.07, 6.45) is 1.77. The zero-order valence-electron chi connectivity index (χ0n) is 9.95. The number of anilines is 1. The smallest absolute Gasteiger partial charge is 0.126 e. The molecule has 0 fully saturated rings. The first-order valence-electron chi connectivity index (χ1n) is 5.69. The second-order valence-electron chi connectivity index (χ2n) is 3.94. The van der Waals surface area contributed by atoms with Crippen LogP contribution in [-0.2, 0) is 13.6 Å². The van der Waals surface area contributed by atoms with E-state index in [9.17, 15) is 0 Å². The molecule has 0 aliphatic heterocycles. The van der Waals surface area contributed by atoms with Crippen LogP contribution in [0.4, 0.5) is 5.82 Å². The minimum atomic E-state index is 0.137. The van der Waals surface area contributed by atoms with Crippen LogP contribution in [0.5, 0.6) is 0 Å². The van der Waals surface area contributed by atoms with Gasteiger partial charge in [0.15, 0.2) is 0 Å². The van der Waals surface area contributed by atoms with Gasteiger partial charge in [0.05, 0.1) is 12.8 Å². The zero-order chi connectivity index (χ0) is 12.1. The number of rotatable bonds is 5. The highest BCUT2D eigenvalue weighted by Gasteiger charge is 2.09. The van der Waals surface area contributed by atoms with Gasteiger partial charge in [0.1, 0.15) is 5.82 Å². The first kappa shape index (κ1) is 11.7. The van der Waals surface area contributed by atoms with Gasteiger partial charge in [-0.25, -0.2) is 0 Å². The van der Waals surface area contributed by atoms with Gasteiger partial charge in [0, 0.05) is 26.2 Å². The maximum atomic E-state index is 9.13. The van der Waals surface area contributed by atoms with Crippen molar-refractivity contribution in [3.8, 4) is 0 Å². The molecular weight excluding hydrogens is 214 g/mol. The fourth-order valence-electron chi connectivity index (χ4n) is 1.88. The molecule has 0 spiro atoms. The molecule has 2 aromatic rings. The molecular formula is C13H17N3O. The molecule has 90 valence electrons. The molecule has 0 saturated heterocycles. The Morgan fingerprint density at radius 3 is 2.59 bits per heavy atom. The summed E-state index contributed by atoms with van der Waals surface area (Å²) in [6, 6.07) is 12.2. The third-order valence-corrected chi connectivity index (χ3v) is 2.71. The minimum Gasteiger partial charge on any atom is -0.395 e. The highest BCUT2D eigenvalue weighted by molar-refractivity contribution is 5.39. The van der Waals surface area contributed by atoms with Gasteiger partial charge < -0.3 is 10.0 Å². The number of aromatic nitrogens is 2. The maximum Gasteiger partial charge on any atom is 0.126 e. The van der Waals surface area contributed by atoms with E-state index in [4.69, 9.17) is 5.11 Å². The van der Waals surface area contributed by atoms with Crippen LogP contribution in [0.3, 0.4) is 0 Å². The SMILES string of the molecule is Cn1nccc1N(CCO)Cc1ccccc1. The molecule has 4 heteroatoms. The first-order valence-corrected chi connectivity index (χ1v) is 5.69. The standard InChI is InChI=1S/C13H17N3O/c1-15-13(7-8-14-15)16(9-10-17)11-12-5-3-2-4-6-12/h2-8,17H,9-11H2,1H3. The van der Waals surface area contributed by atoms with Gasteiger partial charge in [-0.05, 0) is 5.56 Å². The molecule has 0 aliphatic carbocycles. The van der Waals surface area contributed by atoms with Crippen molar-refractivity contribution in [1.29, 1.82) is 0 Å². The minimum absolute atomic E-state index is 0.137. The Bertz CT molecular complexity index is 453. The van der Waals surface area contributed by atoms with E-state index in [0.29, 0.717) is 6.54 Å². The van der Waals surface area contributed by atoms with Crippen LogP contribution >= 0.6 is 0 Å². The van der Waals surface area contributed by atoms with Crippen molar-refractivity contribution in [2.24, 2.45) is 7.05 Å². The van der Waals surface area contributed by atoms with Gasteiger partial charge in [0.2, 0.25) is 0 Å². The van der Waals surface area contributed by atoms with Crippen LogP contribution in [0.1, 0.15) is 5.56 Å². The van der Waals surface area contributed by atoms with Gasteiger partial charge in [-0.2, -0.15) is 5.10 Å². The largest absolute Gasteiger partial charge is 0.395 e. The van der Waals surface area contributed by atoms with Gasteiger partial charge in [-0.3, -0.25) is 4.68 Å². The van der Waals surface area contributed by atoms with Crippen molar-refractivity contribution in [2.75, 3.05) is 18.1 Å². The monoisotopic (exact) mass is 231 g/mol. The molecule has 17 heavy (non-hydrogen) atoms. The average Bonchev–Trinajstić information content (AvgIpc) is 2.76. The van der Waals surface area contributed by atoms with Crippen molar-refractivity contribution in [2.45, 2.75) is 6.54 Å². The van der Waals surface area contributed by atoms with Gasteiger partial charge in [0.25, 0.3) is 0 Å². The molecule has 0 saturated carbocycles.